The van der Waals surface area contributed by atoms with Crippen LogP contribution in [-0.2, 0) is 4.74 Å². The molecule has 0 aromatic carbocycles. The lowest BCUT2D eigenvalue weighted by Crippen LogP contribution is -2.37. The Hall–Kier alpha value is -1.36. The number of aryl methyl sites for hydroxylation is 1. The summed E-state index contributed by atoms with van der Waals surface area (Å²) in [6, 6.07) is 2.11. The molecule has 0 radical (unpaired) electrons. The maximum absolute atomic E-state index is 12.4. The highest BCUT2D eigenvalue weighted by Crippen LogP contribution is 2.30. The number of rotatable bonds is 4. The van der Waals surface area contributed by atoms with Crippen molar-refractivity contribution in [3.63, 3.8) is 0 Å². The third kappa shape index (κ3) is 2.41. The van der Waals surface area contributed by atoms with E-state index in [1.54, 1.807) is 13.0 Å². The molecule has 3 rings (SSSR count). The number of nitrogens with zero attached hydrogens (tertiary/aromatic N) is 2. The van der Waals surface area contributed by atoms with Crippen LogP contribution in [0, 0.1) is 12.8 Å². The van der Waals surface area contributed by atoms with Gasteiger partial charge < -0.3 is 14.2 Å². The average Bonchev–Trinajstić information content (AvgIpc) is 2.88. The lowest BCUT2D eigenvalue weighted by molar-refractivity contribution is 0.0696. The van der Waals surface area contributed by atoms with Crippen LogP contribution in [0.2, 0.25) is 0 Å². The minimum Gasteiger partial charge on any atom is -0.381 e. The predicted octanol–water partition coefficient (Wildman–Crippen LogP) is 1.62. The van der Waals surface area contributed by atoms with Crippen LogP contribution in [0.25, 0.3) is 0 Å². The highest BCUT2D eigenvalue weighted by molar-refractivity contribution is 5.92. The second kappa shape index (κ2) is 4.72. The van der Waals surface area contributed by atoms with Crippen LogP contribution in [0.4, 0.5) is 0 Å². The summed E-state index contributed by atoms with van der Waals surface area (Å²) in [5.41, 5.74) is 0.429. The minimum absolute atomic E-state index is 0.00116. The first-order valence-electron chi connectivity index (χ1n) is 6.56. The van der Waals surface area contributed by atoms with E-state index in [-0.39, 0.29) is 5.91 Å². The van der Waals surface area contributed by atoms with Crippen molar-refractivity contribution in [3.8, 4) is 0 Å². The standard InChI is InChI=1S/C13H18N2O3/c1-9-6-12(14-18-9)13(16)15(11-2-3-11)7-10-4-5-17-8-10/h6,10-11H,2-5,7-8H2,1H3. The molecule has 0 spiro atoms. The van der Waals surface area contributed by atoms with E-state index in [1.807, 2.05) is 4.90 Å². The molecular formula is C13H18N2O3. The topological polar surface area (TPSA) is 55.6 Å². The van der Waals surface area contributed by atoms with Crippen LogP contribution in [0.5, 0.6) is 0 Å². The Morgan fingerprint density at radius 1 is 1.50 bits per heavy atom. The zero-order valence-electron chi connectivity index (χ0n) is 10.6. The summed E-state index contributed by atoms with van der Waals surface area (Å²) in [5.74, 6) is 1.15. The minimum atomic E-state index is 0.00116. The Balaban J connectivity index is 1.70. The van der Waals surface area contributed by atoms with Crippen molar-refractivity contribution in [2.75, 3.05) is 19.8 Å². The number of carbonyl (C=O) groups excluding carboxylic acids is 1. The van der Waals surface area contributed by atoms with E-state index in [0.717, 1.165) is 39.0 Å². The summed E-state index contributed by atoms with van der Waals surface area (Å²) < 4.78 is 10.4. The largest absolute Gasteiger partial charge is 0.381 e. The van der Waals surface area contributed by atoms with Gasteiger partial charge >= 0.3 is 0 Å². The fourth-order valence-electron chi connectivity index (χ4n) is 2.40. The number of aromatic nitrogens is 1. The molecule has 1 saturated heterocycles. The highest BCUT2D eigenvalue weighted by atomic mass is 16.5. The van der Waals surface area contributed by atoms with Crippen LogP contribution in [0.1, 0.15) is 35.5 Å². The molecule has 1 aliphatic carbocycles. The molecule has 1 aromatic heterocycles. The molecule has 18 heavy (non-hydrogen) atoms. The molecule has 98 valence electrons. The predicted molar refractivity (Wildman–Crippen MR) is 64.2 cm³/mol. The number of ether oxygens (including phenoxy) is 1. The van der Waals surface area contributed by atoms with E-state index >= 15 is 0 Å². The van der Waals surface area contributed by atoms with E-state index in [0.29, 0.717) is 23.4 Å². The van der Waals surface area contributed by atoms with Crippen LogP contribution in [0.15, 0.2) is 10.6 Å². The number of amides is 1. The third-order valence-electron chi connectivity index (χ3n) is 3.57. The average molecular weight is 250 g/mol. The number of carbonyl (C=O) groups is 1. The fourth-order valence-corrected chi connectivity index (χ4v) is 2.40. The van der Waals surface area contributed by atoms with Gasteiger partial charge in [0.15, 0.2) is 5.69 Å². The van der Waals surface area contributed by atoms with E-state index in [4.69, 9.17) is 9.26 Å². The molecule has 0 bridgehead atoms. The van der Waals surface area contributed by atoms with Crippen molar-refractivity contribution in [2.45, 2.75) is 32.2 Å². The van der Waals surface area contributed by atoms with Gasteiger partial charge in [-0.1, -0.05) is 5.16 Å². The molecule has 1 unspecified atom stereocenters. The number of hydrogen-bond donors (Lipinski definition) is 0. The van der Waals surface area contributed by atoms with Gasteiger partial charge in [0.05, 0.1) is 6.61 Å². The van der Waals surface area contributed by atoms with Crippen molar-refractivity contribution in [1.29, 1.82) is 0 Å². The van der Waals surface area contributed by atoms with Crippen molar-refractivity contribution < 1.29 is 14.1 Å². The van der Waals surface area contributed by atoms with Crippen LogP contribution >= 0.6 is 0 Å². The molecule has 2 aliphatic rings. The van der Waals surface area contributed by atoms with Crippen LogP contribution < -0.4 is 0 Å². The highest BCUT2D eigenvalue weighted by Gasteiger charge is 2.36. The maximum atomic E-state index is 12.4. The van der Waals surface area contributed by atoms with Crippen LogP contribution in [-0.4, -0.2) is 41.8 Å². The summed E-state index contributed by atoms with van der Waals surface area (Å²) in [5, 5.41) is 3.82. The van der Waals surface area contributed by atoms with Gasteiger partial charge in [-0.05, 0) is 26.2 Å². The molecular weight excluding hydrogens is 232 g/mol. The molecule has 0 N–H and O–H groups in total. The molecule has 1 aliphatic heterocycles. The van der Waals surface area contributed by atoms with E-state index in [1.165, 1.54) is 0 Å². The molecule has 1 saturated carbocycles. The van der Waals surface area contributed by atoms with Crippen molar-refractivity contribution in [2.24, 2.45) is 5.92 Å². The summed E-state index contributed by atoms with van der Waals surface area (Å²) in [7, 11) is 0. The first-order valence-corrected chi connectivity index (χ1v) is 6.56. The zero-order chi connectivity index (χ0) is 12.5. The van der Waals surface area contributed by atoms with Crippen LogP contribution in [0.3, 0.4) is 0 Å². The third-order valence-corrected chi connectivity index (χ3v) is 3.57. The lowest BCUT2D eigenvalue weighted by Gasteiger charge is -2.24. The first-order chi connectivity index (χ1) is 8.74. The summed E-state index contributed by atoms with van der Waals surface area (Å²) in [6.07, 6.45) is 3.26. The first kappa shape index (κ1) is 11.7. The fraction of sp³-hybridized carbons (Fsp3) is 0.692. The summed E-state index contributed by atoms with van der Waals surface area (Å²) >= 11 is 0. The van der Waals surface area contributed by atoms with Gasteiger partial charge in [-0.25, -0.2) is 0 Å². The molecule has 2 heterocycles. The quantitative estimate of drug-likeness (QED) is 0.815. The summed E-state index contributed by atoms with van der Waals surface area (Å²) in [4.78, 5) is 14.3. The van der Waals surface area contributed by atoms with Gasteiger partial charge in [-0.15, -0.1) is 0 Å². The molecule has 2 fully saturated rings. The van der Waals surface area contributed by atoms with Gasteiger partial charge in [0.25, 0.3) is 5.91 Å². The van der Waals surface area contributed by atoms with E-state index < -0.39 is 0 Å². The van der Waals surface area contributed by atoms with E-state index in [2.05, 4.69) is 5.16 Å². The smallest absolute Gasteiger partial charge is 0.276 e. The molecule has 5 nitrogen and oxygen atoms in total. The van der Waals surface area contributed by atoms with Crippen molar-refractivity contribution in [3.05, 3.63) is 17.5 Å². The second-order valence-corrected chi connectivity index (χ2v) is 5.24. The summed E-state index contributed by atoms with van der Waals surface area (Å²) in [6.45, 7) is 4.18. The van der Waals surface area contributed by atoms with Crippen molar-refractivity contribution in [1.82, 2.24) is 10.1 Å². The normalized spacial score (nSPS) is 23.3. The van der Waals surface area contributed by atoms with Crippen molar-refractivity contribution >= 4 is 5.91 Å². The Morgan fingerprint density at radius 2 is 2.33 bits per heavy atom. The molecule has 5 heteroatoms. The second-order valence-electron chi connectivity index (χ2n) is 5.24. The Bertz CT molecular complexity index is 433. The van der Waals surface area contributed by atoms with Gasteiger partial charge in [-0.3, -0.25) is 4.79 Å². The lowest BCUT2D eigenvalue weighted by atomic mass is 10.1. The van der Waals surface area contributed by atoms with Gasteiger partial charge in [0.1, 0.15) is 5.76 Å². The molecule has 1 aromatic rings. The maximum Gasteiger partial charge on any atom is 0.276 e. The Morgan fingerprint density at radius 3 is 2.89 bits per heavy atom. The molecule has 1 amide bonds. The number of hydrogen-bond acceptors (Lipinski definition) is 4. The monoisotopic (exact) mass is 250 g/mol. The Kier molecular flexibility index (Phi) is 3.07. The van der Waals surface area contributed by atoms with E-state index in [9.17, 15) is 4.79 Å². The zero-order valence-corrected chi connectivity index (χ0v) is 10.6. The molecule has 1 atom stereocenters. The Labute approximate surface area is 106 Å². The SMILES string of the molecule is Cc1cc(C(=O)N(CC2CCOC2)C2CC2)no1. The van der Waals surface area contributed by atoms with Gasteiger partial charge in [0.2, 0.25) is 0 Å². The van der Waals surface area contributed by atoms with Gasteiger partial charge in [-0.2, -0.15) is 0 Å². The van der Waals surface area contributed by atoms with Gasteiger partial charge in [0, 0.05) is 31.2 Å².